The van der Waals surface area contributed by atoms with E-state index in [-0.39, 0.29) is 11.6 Å². The van der Waals surface area contributed by atoms with Gasteiger partial charge in [0.25, 0.3) is 11.3 Å². The highest BCUT2D eigenvalue weighted by Gasteiger charge is 2.26. The molecule has 3 rings (SSSR count). The number of nitrogens with two attached hydrogens (primary N) is 1. The Morgan fingerprint density at radius 3 is 3.00 bits per heavy atom. The van der Waals surface area contributed by atoms with Gasteiger partial charge < -0.3 is 5.73 Å². The van der Waals surface area contributed by atoms with Crippen LogP contribution in [0.25, 0.3) is 5.78 Å². The first kappa shape index (κ1) is 10.5. The maximum atomic E-state index is 11.7. The van der Waals surface area contributed by atoms with Gasteiger partial charge in [-0.15, -0.1) is 0 Å². The van der Waals surface area contributed by atoms with Crippen LogP contribution in [0.4, 0.5) is 0 Å². The molecule has 2 aromatic rings. The fourth-order valence-corrected chi connectivity index (χ4v) is 2.46. The quantitative estimate of drug-likeness (QED) is 0.742. The second-order valence-corrected chi connectivity index (χ2v) is 4.75. The Labute approximate surface area is 97.9 Å². The second-order valence-electron chi connectivity index (χ2n) is 4.75. The van der Waals surface area contributed by atoms with E-state index < -0.39 is 0 Å². The van der Waals surface area contributed by atoms with Gasteiger partial charge in [0.05, 0.1) is 0 Å². The van der Waals surface area contributed by atoms with Crippen molar-refractivity contribution in [1.29, 1.82) is 0 Å². The standard InChI is InChI=1S/C11H15N5O/c1-6-4-9(17)16-11(13-6)14-10(15-16)7-2-3-8(12)5-7/h4,7-8H,2-3,5,12H2,1H3,(H,13,14,15)/t7-,8+/m1/s1. The zero-order valence-electron chi connectivity index (χ0n) is 9.68. The van der Waals surface area contributed by atoms with E-state index in [1.807, 2.05) is 0 Å². The Morgan fingerprint density at radius 2 is 2.29 bits per heavy atom. The molecule has 2 atom stereocenters. The van der Waals surface area contributed by atoms with Crippen LogP contribution in [0.15, 0.2) is 10.9 Å². The molecule has 17 heavy (non-hydrogen) atoms. The van der Waals surface area contributed by atoms with Gasteiger partial charge in [0.15, 0.2) is 0 Å². The molecule has 6 heteroatoms. The summed E-state index contributed by atoms with van der Waals surface area (Å²) >= 11 is 0. The monoisotopic (exact) mass is 233 g/mol. The number of hydrogen-bond donors (Lipinski definition) is 2. The normalized spacial score (nSPS) is 24.6. The number of nitrogens with one attached hydrogen (secondary N) is 1. The van der Waals surface area contributed by atoms with Crippen molar-refractivity contribution in [3.8, 4) is 0 Å². The van der Waals surface area contributed by atoms with Gasteiger partial charge in [0.1, 0.15) is 5.82 Å². The zero-order chi connectivity index (χ0) is 12.0. The molecule has 0 spiro atoms. The van der Waals surface area contributed by atoms with Crippen LogP contribution in [-0.4, -0.2) is 25.6 Å². The molecule has 0 bridgehead atoms. The first-order chi connectivity index (χ1) is 8.13. The maximum absolute atomic E-state index is 11.7. The lowest BCUT2D eigenvalue weighted by molar-refractivity contribution is 0.640. The molecule has 2 heterocycles. The van der Waals surface area contributed by atoms with E-state index >= 15 is 0 Å². The van der Waals surface area contributed by atoms with Crippen LogP contribution in [0.5, 0.6) is 0 Å². The Bertz CT molecular complexity index is 614. The van der Waals surface area contributed by atoms with Crippen molar-refractivity contribution in [2.24, 2.45) is 5.73 Å². The smallest absolute Gasteiger partial charge is 0.274 e. The van der Waals surface area contributed by atoms with Crippen molar-refractivity contribution in [2.45, 2.75) is 38.1 Å². The van der Waals surface area contributed by atoms with Crippen molar-refractivity contribution < 1.29 is 0 Å². The summed E-state index contributed by atoms with van der Waals surface area (Å²) in [6.45, 7) is 1.79. The Kier molecular flexibility index (Phi) is 2.25. The molecule has 6 nitrogen and oxygen atoms in total. The number of aryl methyl sites for hydroxylation is 1. The number of aromatic nitrogens is 4. The Balaban J connectivity index is 2.08. The third-order valence-corrected chi connectivity index (χ3v) is 3.34. The molecular formula is C11H15N5O. The minimum absolute atomic E-state index is 0.117. The van der Waals surface area contributed by atoms with E-state index in [0.29, 0.717) is 17.4 Å². The average molecular weight is 233 g/mol. The lowest BCUT2D eigenvalue weighted by Crippen LogP contribution is -2.15. The number of rotatable bonds is 1. The number of aromatic amines is 1. The molecule has 0 amide bonds. The Hall–Kier alpha value is -1.69. The molecular weight excluding hydrogens is 218 g/mol. The van der Waals surface area contributed by atoms with Gasteiger partial charge in [-0.05, 0) is 26.2 Å². The summed E-state index contributed by atoms with van der Waals surface area (Å²) in [5.74, 6) is 1.60. The maximum Gasteiger partial charge on any atom is 0.274 e. The highest BCUT2D eigenvalue weighted by atomic mass is 16.1. The van der Waals surface area contributed by atoms with Crippen molar-refractivity contribution in [3.05, 3.63) is 27.9 Å². The van der Waals surface area contributed by atoms with Crippen LogP contribution in [0.1, 0.15) is 36.7 Å². The third kappa shape index (κ3) is 1.74. The summed E-state index contributed by atoms with van der Waals surface area (Å²) in [5, 5.41) is 3.03. The van der Waals surface area contributed by atoms with E-state index in [1.54, 1.807) is 6.92 Å². The first-order valence-corrected chi connectivity index (χ1v) is 5.85. The van der Waals surface area contributed by atoms with Crippen molar-refractivity contribution in [3.63, 3.8) is 0 Å². The van der Waals surface area contributed by atoms with Crippen LogP contribution < -0.4 is 11.3 Å². The summed E-state index contributed by atoms with van der Waals surface area (Å²) in [4.78, 5) is 20.3. The van der Waals surface area contributed by atoms with Crippen LogP contribution in [0, 0.1) is 6.92 Å². The molecule has 1 aliphatic rings. The molecule has 0 unspecified atom stereocenters. The number of hydrogen-bond acceptors (Lipinski definition) is 4. The average Bonchev–Trinajstić information content (AvgIpc) is 2.83. The number of H-pyrrole nitrogens is 1. The summed E-state index contributed by atoms with van der Waals surface area (Å²) in [6.07, 6.45) is 2.96. The molecule has 0 radical (unpaired) electrons. The molecule has 90 valence electrons. The predicted molar refractivity (Wildman–Crippen MR) is 62.9 cm³/mol. The first-order valence-electron chi connectivity index (χ1n) is 5.85. The number of nitrogens with zero attached hydrogens (tertiary/aromatic N) is 3. The largest absolute Gasteiger partial charge is 0.328 e. The van der Waals surface area contributed by atoms with Crippen molar-refractivity contribution >= 4 is 5.78 Å². The third-order valence-electron chi connectivity index (χ3n) is 3.34. The van der Waals surface area contributed by atoms with Gasteiger partial charge in [0, 0.05) is 23.7 Å². The van der Waals surface area contributed by atoms with Gasteiger partial charge in [-0.1, -0.05) is 0 Å². The molecule has 1 aliphatic carbocycles. The fourth-order valence-electron chi connectivity index (χ4n) is 2.46. The van der Waals surface area contributed by atoms with Crippen LogP contribution in [0.2, 0.25) is 0 Å². The highest BCUT2D eigenvalue weighted by molar-refractivity contribution is 5.28. The predicted octanol–water partition coefficient (Wildman–Crippen LogP) is 0.321. The molecule has 1 fully saturated rings. The van der Waals surface area contributed by atoms with Gasteiger partial charge in [-0.25, -0.2) is 4.98 Å². The van der Waals surface area contributed by atoms with E-state index in [0.717, 1.165) is 25.1 Å². The van der Waals surface area contributed by atoms with E-state index in [1.165, 1.54) is 10.6 Å². The Morgan fingerprint density at radius 1 is 1.47 bits per heavy atom. The summed E-state index contributed by atoms with van der Waals surface area (Å²) in [5.41, 5.74) is 6.46. The van der Waals surface area contributed by atoms with E-state index in [2.05, 4.69) is 15.1 Å². The molecule has 0 aromatic carbocycles. The summed E-state index contributed by atoms with van der Waals surface area (Å²) in [6, 6.07) is 1.75. The lowest BCUT2D eigenvalue weighted by Gasteiger charge is -2.03. The zero-order valence-corrected chi connectivity index (χ0v) is 9.68. The van der Waals surface area contributed by atoms with Crippen LogP contribution in [-0.2, 0) is 0 Å². The van der Waals surface area contributed by atoms with Gasteiger partial charge >= 0.3 is 0 Å². The highest BCUT2D eigenvalue weighted by Crippen LogP contribution is 2.31. The van der Waals surface area contributed by atoms with Crippen molar-refractivity contribution in [1.82, 2.24) is 19.6 Å². The number of fused-ring (bicyclic) bond motifs is 1. The topological polar surface area (TPSA) is 89.1 Å². The fraction of sp³-hybridized carbons (Fsp3) is 0.545. The molecule has 1 saturated carbocycles. The summed E-state index contributed by atoms with van der Waals surface area (Å²) in [7, 11) is 0. The SMILES string of the molecule is Cc1cc(=O)n2[nH]c([C@@H]3CC[C@H](N)C3)nc2n1. The minimum Gasteiger partial charge on any atom is -0.328 e. The molecule has 0 aliphatic heterocycles. The minimum atomic E-state index is -0.117. The van der Waals surface area contributed by atoms with Gasteiger partial charge in [-0.2, -0.15) is 9.50 Å². The second kappa shape index (κ2) is 3.66. The van der Waals surface area contributed by atoms with Crippen molar-refractivity contribution in [2.75, 3.05) is 0 Å². The molecule has 2 aromatic heterocycles. The van der Waals surface area contributed by atoms with E-state index in [9.17, 15) is 4.79 Å². The molecule has 3 N–H and O–H groups in total. The summed E-state index contributed by atoms with van der Waals surface area (Å²) < 4.78 is 1.40. The van der Waals surface area contributed by atoms with Gasteiger partial charge in [-0.3, -0.25) is 9.89 Å². The van der Waals surface area contributed by atoms with Crippen LogP contribution >= 0.6 is 0 Å². The lowest BCUT2D eigenvalue weighted by atomic mass is 10.1. The van der Waals surface area contributed by atoms with Gasteiger partial charge in [0.2, 0.25) is 0 Å². The van der Waals surface area contributed by atoms with E-state index in [4.69, 9.17) is 5.73 Å². The molecule has 0 saturated heterocycles. The van der Waals surface area contributed by atoms with Crippen LogP contribution in [0.3, 0.4) is 0 Å².